The minimum Gasteiger partial charge on any atom is -0.325 e. The van der Waals surface area contributed by atoms with Gasteiger partial charge >= 0.3 is 0 Å². The van der Waals surface area contributed by atoms with E-state index in [0.29, 0.717) is 20.9 Å². The monoisotopic (exact) mass is 403 g/mol. The minimum absolute atomic E-state index is 0.167. The zero-order valence-electron chi connectivity index (χ0n) is 13.9. The molecule has 0 unspecified atom stereocenters. The molecule has 0 atom stereocenters. The molecular weight excluding hydrogens is 389 g/mol. The molecule has 4 nitrogen and oxygen atoms in total. The van der Waals surface area contributed by atoms with Crippen LogP contribution in [0.3, 0.4) is 0 Å². The SMILES string of the molecule is Cc1cc(-c2ccccc2)nc(SCC(=O)Nc2ccc(Cl)c(Cl)c2)n1. The number of nitrogens with zero attached hydrogens (tertiary/aromatic N) is 2. The van der Waals surface area contributed by atoms with Gasteiger partial charge in [-0.15, -0.1) is 0 Å². The second-order valence-corrected chi connectivity index (χ2v) is 7.27. The molecule has 0 aliphatic rings. The average Bonchev–Trinajstić information content (AvgIpc) is 2.63. The number of hydrogen-bond acceptors (Lipinski definition) is 4. The van der Waals surface area contributed by atoms with Crippen molar-refractivity contribution in [2.24, 2.45) is 0 Å². The lowest BCUT2D eigenvalue weighted by Gasteiger charge is -2.07. The number of aryl methyl sites for hydroxylation is 1. The third-order valence-corrected chi connectivity index (χ3v) is 5.03. The smallest absolute Gasteiger partial charge is 0.234 e. The van der Waals surface area contributed by atoms with Gasteiger partial charge in [0, 0.05) is 16.9 Å². The Hall–Kier alpha value is -2.08. The van der Waals surface area contributed by atoms with Crippen molar-refractivity contribution in [1.29, 1.82) is 0 Å². The van der Waals surface area contributed by atoms with E-state index in [-0.39, 0.29) is 11.7 Å². The predicted octanol–water partition coefficient (Wildman–Crippen LogP) is 5.49. The largest absolute Gasteiger partial charge is 0.325 e. The highest BCUT2D eigenvalue weighted by Gasteiger charge is 2.09. The summed E-state index contributed by atoms with van der Waals surface area (Å²) in [5.74, 6) is 0.0255. The summed E-state index contributed by atoms with van der Waals surface area (Å²) in [6.07, 6.45) is 0. The van der Waals surface area contributed by atoms with E-state index in [1.807, 2.05) is 43.3 Å². The van der Waals surface area contributed by atoms with Crippen molar-refractivity contribution < 1.29 is 4.79 Å². The molecule has 1 N–H and O–H groups in total. The van der Waals surface area contributed by atoms with Crippen molar-refractivity contribution in [3.8, 4) is 11.3 Å². The maximum atomic E-state index is 12.2. The van der Waals surface area contributed by atoms with E-state index < -0.39 is 0 Å². The molecule has 0 saturated carbocycles. The summed E-state index contributed by atoms with van der Waals surface area (Å²) in [5.41, 5.74) is 3.30. The maximum Gasteiger partial charge on any atom is 0.234 e. The number of aromatic nitrogens is 2. The number of carbonyl (C=O) groups is 1. The van der Waals surface area contributed by atoms with Crippen LogP contribution in [0.4, 0.5) is 5.69 Å². The van der Waals surface area contributed by atoms with E-state index in [0.717, 1.165) is 17.0 Å². The normalized spacial score (nSPS) is 10.6. The first-order chi connectivity index (χ1) is 12.5. The van der Waals surface area contributed by atoms with Gasteiger partial charge in [-0.2, -0.15) is 0 Å². The van der Waals surface area contributed by atoms with E-state index in [2.05, 4.69) is 15.3 Å². The molecular formula is C19H15Cl2N3OS. The first-order valence-electron chi connectivity index (χ1n) is 7.80. The fourth-order valence-corrected chi connectivity index (χ4v) is 3.27. The zero-order chi connectivity index (χ0) is 18.5. The molecule has 0 radical (unpaired) electrons. The molecule has 2 aromatic carbocycles. The van der Waals surface area contributed by atoms with Gasteiger partial charge in [0.05, 0.1) is 21.5 Å². The molecule has 3 rings (SSSR count). The summed E-state index contributed by atoms with van der Waals surface area (Å²) in [6.45, 7) is 1.91. The Balaban J connectivity index is 1.66. The number of benzene rings is 2. The molecule has 1 aromatic heterocycles. The molecule has 7 heteroatoms. The molecule has 0 aliphatic carbocycles. The van der Waals surface area contributed by atoms with E-state index in [1.165, 1.54) is 11.8 Å². The Morgan fingerprint density at radius 2 is 1.81 bits per heavy atom. The fraction of sp³-hybridized carbons (Fsp3) is 0.105. The van der Waals surface area contributed by atoms with Crippen LogP contribution >= 0.6 is 35.0 Å². The van der Waals surface area contributed by atoms with Crippen LogP contribution in [0.2, 0.25) is 10.0 Å². The number of carbonyl (C=O) groups excluding carboxylic acids is 1. The summed E-state index contributed by atoms with van der Waals surface area (Å²) in [4.78, 5) is 21.1. The van der Waals surface area contributed by atoms with Gasteiger partial charge in [0.25, 0.3) is 0 Å². The summed E-state index contributed by atoms with van der Waals surface area (Å²) >= 11 is 13.1. The van der Waals surface area contributed by atoms with Crippen LogP contribution in [0.25, 0.3) is 11.3 Å². The summed E-state index contributed by atoms with van der Waals surface area (Å²) in [7, 11) is 0. The van der Waals surface area contributed by atoms with Gasteiger partial charge in [-0.1, -0.05) is 65.3 Å². The molecule has 0 saturated heterocycles. The number of rotatable bonds is 5. The number of nitrogens with one attached hydrogen (secondary N) is 1. The van der Waals surface area contributed by atoms with Crippen LogP contribution in [-0.2, 0) is 4.79 Å². The van der Waals surface area contributed by atoms with Crippen molar-refractivity contribution >= 4 is 46.6 Å². The van der Waals surface area contributed by atoms with Gasteiger partial charge in [-0.25, -0.2) is 9.97 Å². The summed E-state index contributed by atoms with van der Waals surface area (Å²) in [5, 5.41) is 4.19. The highest BCUT2D eigenvalue weighted by molar-refractivity contribution is 7.99. The first-order valence-corrected chi connectivity index (χ1v) is 9.54. The maximum absolute atomic E-state index is 12.2. The van der Waals surface area contributed by atoms with Crippen molar-refractivity contribution in [3.63, 3.8) is 0 Å². The van der Waals surface area contributed by atoms with Crippen LogP contribution in [0, 0.1) is 6.92 Å². The number of halogens is 2. The lowest BCUT2D eigenvalue weighted by atomic mass is 10.1. The van der Waals surface area contributed by atoms with Crippen LogP contribution in [0.1, 0.15) is 5.69 Å². The van der Waals surface area contributed by atoms with E-state index in [4.69, 9.17) is 23.2 Å². The quantitative estimate of drug-likeness (QED) is 0.451. The highest BCUT2D eigenvalue weighted by Crippen LogP contribution is 2.25. The van der Waals surface area contributed by atoms with Gasteiger partial charge in [0.1, 0.15) is 0 Å². The minimum atomic E-state index is -0.167. The lowest BCUT2D eigenvalue weighted by molar-refractivity contribution is -0.113. The third-order valence-electron chi connectivity index (χ3n) is 3.44. The van der Waals surface area contributed by atoms with Crippen molar-refractivity contribution in [1.82, 2.24) is 9.97 Å². The van der Waals surface area contributed by atoms with Crippen molar-refractivity contribution in [2.75, 3.05) is 11.1 Å². The molecule has 3 aromatic rings. The average molecular weight is 404 g/mol. The van der Waals surface area contributed by atoms with Crippen molar-refractivity contribution in [3.05, 3.63) is 70.3 Å². The van der Waals surface area contributed by atoms with Crippen LogP contribution in [0.5, 0.6) is 0 Å². The number of thioether (sulfide) groups is 1. The van der Waals surface area contributed by atoms with Gasteiger partial charge in [-0.05, 0) is 31.2 Å². The standard InChI is InChI=1S/C19H15Cl2N3OS/c1-12-9-17(13-5-3-2-4-6-13)24-19(22-12)26-11-18(25)23-14-7-8-15(20)16(21)10-14/h2-10H,11H2,1H3,(H,23,25). The molecule has 0 bridgehead atoms. The zero-order valence-corrected chi connectivity index (χ0v) is 16.2. The third kappa shape index (κ3) is 4.97. The van der Waals surface area contributed by atoms with Gasteiger partial charge < -0.3 is 5.32 Å². The van der Waals surface area contributed by atoms with Gasteiger partial charge in [0.15, 0.2) is 5.16 Å². The molecule has 0 fully saturated rings. The molecule has 0 aliphatic heterocycles. The number of anilines is 1. The van der Waals surface area contributed by atoms with Crippen LogP contribution in [0.15, 0.2) is 59.8 Å². The first kappa shape index (κ1) is 18.7. The Kier molecular flexibility index (Phi) is 6.14. The molecule has 1 heterocycles. The number of hydrogen-bond donors (Lipinski definition) is 1. The topological polar surface area (TPSA) is 54.9 Å². The van der Waals surface area contributed by atoms with Gasteiger partial charge in [-0.3, -0.25) is 4.79 Å². The Bertz CT molecular complexity index is 935. The van der Waals surface area contributed by atoms with Crippen LogP contribution in [-0.4, -0.2) is 21.6 Å². The Labute approximate surface area is 166 Å². The Morgan fingerprint density at radius 3 is 2.54 bits per heavy atom. The summed E-state index contributed by atoms with van der Waals surface area (Å²) < 4.78 is 0. The molecule has 0 spiro atoms. The lowest BCUT2D eigenvalue weighted by Crippen LogP contribution is -2.14. The second-order valence-electron chi connectivity index (χ2n) is 5.51. The van der Waals surface area contributed by atoms with Crippen molar-refractivity contribution in [2.45, 2.75) is 12.1 Å². The van der Waals surface area contributed by atoms with Gasteiger partial charge in [0.2, 0.25) is 5.91 Å². The molecule has 26 heavy (non-hydrogen) atoms. The second kappa shape index (κ2) is 8.54. The van der Waals surface area contributed by atoms with Crippen LogP contribution < -0.4 is 5.32 Å². The highest BCUT2D eigenvalue weighted by atomic mass is 35.5. The van der Waals surface area contributed by atoms with E-state index in [1.54, 1.807) is 18.2 Å². The Morgan fingerprint density at radius 1 is 1.04 bits per heavy atom. The molecule has 1 amide bonds. The van der Waals surface area contributed by atoms with E-state index >= 15 is 0 Å². The molecule has 132 valence electrons. The predicted molar refractivity (Wildman–Crippen MR) is 108 cm³/mol. The number of amides is 1. The van der Waals surface area contributed by atoms with E-state index in [9.17, 15) is 4.79 Å². The summed E-state index contributed by atoms with van der Waals surface area (Å²) in [6, 6.07) is 16.8. The fourth-order valence-electron chi connectivity index (χ4n) is 2.26.